The Morgan fingerprint density at radius 2 is 2.11 bits per heavy atom. The molecule has 0 aliphatic heterocycles. The lowest BCUT2D eigenvalue weighted by Crippen LogP contribution is -2.15. The Hall–Kier alpha value is -2.30. The highest BCUT2D eigenvalue weighted by molar-refractivity contribution is 5.84. The van der Waals surface area contributed by atoms with Crippen molar-refractivity contribution in [2.75, 3.05) is 13.2 Å². The second-order valence-electron chi connectivity index (χ2n) is 3.64. The predicted molar refractivity (Wildman–Crippen MR) is 66.7 cm³/mol. The summed E-state index contributed by atoms with van der Waals surface area (Å²) in [6.45, 7) is 1.87. The Kier molecular flexibility index (Phi) is 3.62. The SMILES string of the molecule is CCOC(=O)COc1cccc2ccc(=O)[nH]c12. The first-order chi connectivity index (χ1) is 8.70. The molecule has 0 atom stereocenters. The van der Waals surface area contributed by atoms with Crippen LogP contribution in [0, 0.1) is 0 Å². The maximum atomic E-state index is 11.3. The van der Waals surface area contributed by atoms with E-state index in [1.807, 2.05) is 6.07 Å². The molecule has 0 radical (unpaired) electrons. The molecule has 0 fully saturated rings. The van der Waals surface area contributed by atoms with E-state index in [2.05, 4.69) is 4.98 Å². The van der Waals surface area contributed by atoms with Gasteiger partial charge in [0, 0.05) is 11.5 Å². The van der Waals surface area contributed by atoms with Crippen molar-refractivity contribution < 1.29 is 14.3 Å². The summed E-state index contributed by atoms with van der Waals surface area (Å²) in [7, 11) is 0. The second-order valence-corrected chi connectivity index (χ2v) is 3.64. The minimum absolute atomic E-state index is 0.177. The Morgan fingerprint density at radius 1 is 1.28 bits per heavy atom. The first kappa shape index (κ1) is 12.2. The molecule has 94 valence electrons. The van der Waals surface area contributed by atoms with Gasteiger partial charge >= 0.3 is 5.97 Å². The van der Waals surface area contributed by atoms with Crippen LogP contribution in [0.3, 0.4) is 0 Å². The van der Waals surface area contributed by atoms with Gasteiger partial charge in [0.25, 0.3) is 0 Å². The highest BCUT2D eigenvalue weighted by Crippen LogP contribution is 2.21. The third-order valence-electron chi connectivity index (χ3n) is 2.37. The molecule has 1 N–H and O–H groups in total. The smallest absolute Gasteiger partial charge is 0.344 e. The Bertz CT molecular complexity index is 618. The molecule has 1 aromatic carbocycles. The van der Waals surface area contributed by atoms with Gasteiger partial charge in [0.1, 0.15) is 5.75 Å². The van der Waals surface area contributed by atoms with E-state index in [1.165, 1.54) is 6.07 Å². The van der Waals surface area contributed by atoms with Crippen LogP contribution in [0.5, 0.6) is 5.75 Å². The number of hydrogen-bond donors (Lipinski definition) is 1. The zero-order valence-corrected chi connectivity index (χ0v) is 9.93. The zero-order chi connectivity index (χ0) is 13.0. The number of pyridine rings is 1. The van der Waals surface area contributed by atoms with Gasteiger partial charge in [-0.2, -0.15) is 0 Å². The number of aromatic nitrogens is 1. The molecule has 5 nitrogen and oxygen atoms in total. The Morgan fingerprint density at radius 3 is 2.89 bits per heavy atom. The molecule has 0 aliphatic rings. The van der Waals surface area contributed by atoms with Crippen molar-refractivity contribution in [3.63, 3.8) is 0 Å². The lowest BCUT2D eigenvalue weighted by atomic mass is 10.2. The Labute approximate surface area is 103 Å². The molecule has 1 heterocycles. The van der Waals surface area contributed by atoms with Gasteiger partial charge < -0.3 is 14.5 Å². The summed E-state index contributed by atoms with van der Waals surface area (Å²) in [4.78, 5) is 25.2. The molecule has 0 saturated heterocycles. The summed E-state index contributed by atoms with van der Waals surface area (Å²) >= 11 is 0. The number of fused-ring (bicyclic) bond motifs is 1. The fraction of sp³-hybridized carbons (Fsp3) is 0.231. The predicted octanol–water partition coefficient (Wildman–Crippen LogP) is 1.47. The number of hydrogen-bond acceptors (Lipinski definition) is 4. The van der Waals surface area contributed by atoms with E-state index in [0.717, 1.165) is 5.39 Å². The normalized spacial score (nSPS) is 10.3. The topological polar surface area (TPSA) is 68.4 Å². The number of para-hydroxylation sites is 1. The van der Waals surface area contributed by atoms with E-state index < -0.39 is 5.97 Å². The minimum Gasteiger partial charge on any atom is -0.480 e. The molecule has 1 aromatic heterocycles. The second kappa shape index (κ2) is 5.35. The van der Waals surface area contributed by atoms with Gasteiger partial charge in [-0.3, -0.25) is 4.79 Å². The van der Waals surface area contributed by atoms with E-state index in [9.17, 15) is 9.59 Å². The number of carbonyl (C=O) groups is 1. The molecule has 2 rings (SSSR count). The van der Waals surface area contributed by atoms with Gasteiger partial charge in [0.15, 0.2) is 6.61 Å². The van der Waals surface area contributed by atoms with Crippen LogP contribution in [0.25, 0.3) is 10.9 Å². The van der Waals surface area contributed by atoms with Crippen molar-refractivity contribution in [3.8, 4) is 5.75 Å². The maximum absolute atomic E-state index is 11.3. The summed E-state index contributed by atoms with van der Waals surface area (Å²) in [6, 6.07) is 8.48. The monoisotopic (exact) mass is 247 g/mol. The molecule has 0 aliphatic carbocycles. The van der Waals surface area contributed by atoms with Crippen LogP contribution >= 0.6 is 0 Å². The maximum Gasteiger partial charge on any atom is 0.344 e. The van der Waals surface area contributed by atoms with Gasteiger partial charge in [-0.15, -0.1) is 0 Å². The number of H-pyrrole nitrogens is 1. The van der Waals surface area contributed by atoms with E-state index in [0.29, 0.717) is 17.9 Å². The van der Waals surface area contributed by atoms with E-state index >= 15 is 0 Å². The molecule has 18 heavy (non-hydrogen) atoms. The standard InChI is InChI=1S/C13H13NO4/c1-2-17-12(16)8-18-10-5-3-4-9-6-7-11(15)14-13(9)10/h3-7H,2,8H2,1H3,(H,14,15). The average Bonchev–Trinajstić information content (AvgIpc) is 2.36. The fourth-order valence-corrected chi connectivity index (χ4v) is 1.61. The molecule has 0 saturated carbocycles. The molecule has 0 spiro atoms. The third-order valence-corrected chi connectivity index (χ3v) is 2.37. The van der Waals surface area contributed by atoms with Crippen molar-refractivity contribution >= 4 is 16.9 Å². The quantitative estimate of drug-likeness (QED) is 0.831. The number of benzene rings is 1. The van der Waals surface area contributed by atoms with Crippen LogP contribution in [0.1, 0.15) is 6.92 Å². The van der Waals surface area contributed by atoms with Crippen LogP contribution in [0.2, 0.25) is 0 Å². The van der Waals surface area contributed by atoms with E-state index in [4.69, 9.17) is 9.47 Å². The number of rotatable bonds is 4. The van der Waals surface area contributed by atoms with Gasteiger partial charge in [-0.05, 0) is 19.1 Å². The number of nitrogens with one attached hydrogen (secondary N) is 1. The number of aromatic amines is 1. The number of ether oxygens (including phenoxy) is 2. The highest BCUT2D eigenvalue weighted by atomic mass is 16.6. The summed E-state index contributed by atoms with van der Waals surface area (Å²) < 4.78 is 10.1. The number of carbonyl (C=O) groups excluding carboxylic acids is 1. The third kappa shape index (κ3) is 2.68. The highest BCUT2D eigenvalue weighted by Gasteiger charge is 2.06. The van der Waals surface area contributed by atoms with Crippen molar-refractivity contribution in [1.82, 2.24) is 4.98 Å². The zero-order valence-electron chi connectivity index (χ0n) is 9.93. The summed E-state index contributed by atoms with van der Waals surface area (Å²) in [6.07, 6.45) is 0. The minimum atomic E-state index is -0.437. The van der Waals surface area contributed by atoms with Crippen LogP contribution in [-0.2, 0) is 9.53 Å². The molecule has 2 aromatic rings. The summed E-state index contributed by atoms with van der Waals surface area (Å²) in [5.74, 6) is 0.0195. The van der Waals surface area contributed by atoms with Crippen LogP contribution in [0.15, 0.2) is 35.1 Å². The van der Waals surface area contributed by atoms with Crippen molar-refractivity contribution in [2.45, 2.75) is 6.92 Å². The first-order valence-electron chi connectivity index (χ1n) is 5.61. The Balaban J connectivity index is 2.25. The largest absolute Gasteiger partial charge is 0.480 e. The molecular formula is C13H13NO4. The molecule has 0 amide bonds. The first-order valence-corrected chi connectivity index (χ1v) is 5.61. The molecule has 5 heteroatoms. The fourth-order valence-electron chi connectivity index (χ4n) is 1.61. The van der Waals surface area contributed by atoms with Crippen LogP contribution in [0.4, 0.5) is 0 Å². The van der Waals surface area contributed by atoms with E-state index in [1.54, 1.807) is 25.1 Å². The molecule has 0 unspecified atom stereocenters. The van der Waals surface area contributed by atoms with Crippen molar-refractivity contribution in [2.24, 2.45) is 0 Å². The lowest BCUT2D eigenvalue weighted by molar-refractivity contribution is -0.145. The summed E-state index contributed by atoms with van der Waals surface area (Å²) in [5, 5.41) is 0.843. The van der Waals surface area contributed by atoms with Crippen LogP contribution < -0.4 is 10.3 Å². The number of esters is 1. The van der Waals surface area contributed by atoms with Gasteiger partial charge in [-0.25, -0.2) is 4.79 Å². The summed E-state index contributed by atoms with van der Waals surface area (Å²) in [5.41, 5.74) is 0.365. The van der Waals surface area contributed by atoms with Gasteiger partial charge in [0.2, 0.25) is 5.56 Å². The van der Waals surface area contributed by atoms with E-state index in [-0.39, 0.29) is 12.2 Å². The van der Waals surface area contributed by atoms with Crippen molar-refractivity contribution in [1.29, 1.82) is 0 Å². The van der Waals surface area contributed by atoms with Crippen molar-refractivity contribution in [3.05, 3.63) is 40.7 Å². The van der Waals surface area contributed by atoms with Gasteiger partial charge in [0.05, 0.1) is 12.1 Å². The van der Waals surface area contributed by atoms with Crippen LogP contribution in [-0.4, -0.2) is 24.2 Å². The molecular weight excluding hydrogens is 234 g/mol. The molecule has 0 bridgehead atoms. The lowest BCUT2D eigenvalue weighted by Gasteiger charge is -2.08. The van der Waals surface area contributed by atoms with Gasteiger partial charge in [-0.1, -0.05) is 12.1 Å². The average molecular weight is 247 g/mol.